The Kier molecular flexibility index (Phi) is 3.93. The lowest BCUT2D eigenvalue weighted by molar-refractivity contribution is -0.385. The van der Waals surface area contributed by atoms with E-state index in [1.54, 1.807) is 32.0 Å². The second-order valence-corrected chi connectivity index (χ2v) is 4.45. The molecule has 2 rings (SSSR count). The van der Waals surface area contributed by atoms with Crippen molar-refractivity contribution >= 4 is 11.5 Å². The standard InChI is InChI=1S/C14H14FN3O2/c1-9(11-5-3-4-6-12(11)15)16-14-8-7-13(18(19)20)10(2)17-14/h3-9H,1-2H3,(H,16,17). The second kappa shape index (κ2) is 5.64. The van der Waals surface area contributed by atoms with Crippen LogP contribution in [0.4, 0.5) is 15.9 Å². The van der Waals surface area contributed by atoms with Gasteiger partial charge in [0.25, 0.3) is 5.69 Å². The van der Waals surface area contributed by atoms with Crippen LogP contribution in [-0.4, -0.2) is 9.91 Å². The molecule has 0 radical (unpaired) electrons. The predicted molar refractivity (Wildman–Crippen MR) is 74.1 cm³/mol. The van der Waals surface area contributed by atoms with E-state index in [4.69, 9.17) is 0 Å². The highest BCUT2D eigenvalue weighted by molar-refractivity contribution is 5.46. The molecule has 1 N–H and O–H groups in total. The fourth-order valence-electron chi connectivity index (χ4n) is 1.95. The van der Waals surface area contributed by atoms with E-state index in [1.165, 1.54) is 18.2 Å². The molecule has 1 heterocycles. The third-order valence-electron chi connectivity index (χ3n) is 2.99. The Morgan fingerprint density at radius 2 is 2.00 bits per heavy atom. The van der Waals surface area contributed by atoms with Crippen LogP contribution in [0.3, 0.4) is 0 Å². The molecular weight excluding hydrogens is 261 g/mol. The van der Waals surface area contributed by atoms with Gasteiger partial charge < -0.3 is 5.32 Å². The lowest BCUT2D eigenvalue weighted by Crippen LogP contribution is -2.10. The van der Waals surface area contributed by atoms with Crippen LogP contribution in [0.2, 0.25) is 0 Å². The Labute approximate surface area is 115 Å². The highest BCUT2D eigenvalue weighted by Gasteiger charge is 2.14. The number of nitrogens with zero attached hydrogens (tertiary/aromatic N) is 2. The van der Waals surface area contributed by atoms with Crippen LogP contribution in [0.15, 0.2) is 36.4 Å². The maximum Gasteiger partial charge on any atom is 0.290 e. The summed E-state index contributed by atoms with van der Waals surface area (Å²) < 4.78 is 13.6. The molecule has 20 heavy (non-hydrogen) atoms. The van der Waals surface area contributed by atoms with Crippen molar-refractivity contribution in [2.45, 2.75) is 19.9 Å². The number of nitro groups is 1. The Hall–Kier alpha value is -2.50. The minimum Gasteiger partial charge on any atom is -0.363 e. The van der Waals surface area contributed by atoms with Crippen molar-refractivity contribution < 1.29 is 9.31 Å². The van der Waals surface area contributed by atoms with Gasteiger partial charge in [-0.3, -0.25) is 10.1 Å². The van der Waals surface area contributed by atoms with Crippen molar-refractivity contribution in [1.82, 2.24) is 4.98 Å². The summed E-state index contributed by atoms with van der Waals surface area (Å²) >= 11 is 0. The molecule has 0 aliphatic carbocycles. The quantitative estimate of drug-likeness (QED) is 0.683. The van der Waals surface area contributed by atoms with Crippen LogP contribution in [0.5, 0.6) is 0 Å². The number of aryl methyl sites for hydroxylation is 1. The van der Waals surface area contributed by atoms with Gasteiger partial charge in [0.05, 0.1) is 11.0 Å². The zero-order valence-electron chi connectivity index (χ0n) is 11.1. The van der Waals surface area contributed by atoms with Gasteiger partial charge in [-0.05, 0) is 26.0 Å². The fourth-order valence-corrected chi connectivity index (χ4v) is 1.95. The highest BCUT2D eigenvalue weighted by atomic mass is 19.1. The first-order chi connectivity index (χ1) is 9.49. The summed E-state index contributed by atoms with van der Waals surface area (Å²) in [5.74, 6) is 0.176. The fraction of sp³-hybridized carbons (Fsp3) is 0.214. The molecule has 0 saturated heterocycles. The first kappa shape index (κ1) is 13.9. The largest absolute Gasteiger partial charge is 0.363 e. The third kappa shape index (κ3) is 2.90. The molecule has 6 heteroatoms. The van der Waals surface area contributed by atoms with E-state index in [9.17, 15) is 14.5 Å². The number of benzene rings is 1. The van der Waals surface area contributed by atoms with Crippen molar-refractivity contribution in [3.63, 3.8) is 0 Å². The number of aromatic nitrogens is 1. The summed E-state index contributed by atoms with van der Waals surface area (Å²) in [4.78, 5) is 14.4. The molecule has 1 aromatic carbocycles. The average Bonchev–Trinajstić information content (AvgIpc) is 2.38. The van der Waals surface area contributed by atoms with Crippen molar-refractivity contribution in [2.24, 2.45) is 0 Å². The average molecular weight is 275 g/mol. The zero-order valence-corrected chi connectivity index (χ0v) is 11.1. The van der Waals surface area contributed by atoms with Gasteiger partial charge in [-0.1, -0.05) is 18.2 Å². The maximum atomic E-state index is 13.6. The van der Waals surface area contributed by atoms with E-state index in [0.29, 0.717) is 17.1 Å². The maximum absolute atomic E-state index is 13.6. The van der Waals surface area contributed by atoms with Gasteiger partial charge in [-0.2, -0.15) is 0 Å². The Morgan fingerprint density at radius 1 is 1.30 bits per heavy atom. The lowest BCUT2D eigenvalue weighted by atomic mass is 10.1. The normalized spacial score (nSPS) is 11.9. The van der Waals surface area contributed by atoms with Gasteiger partial charge in [0, 0.05) is 11.6 Å². The van der Waals surface area contributed by atoms with E-state index in [1.807, 2.05) is 0 Å². The molecule has 0 bridgehead atoms. The molecule has 1 aromatic heterocycles. The topological polar surface area (TPSA) is 68.1 Å². The van der Waals surface area contributed by atoms with Crippen molar-refractivity contribution in [3.05, 3.63) is 63.6 Å². The summed E-state index contributed by atoms with van der Waals surface area (Å²) in [5.41, 5.74) is 0.806. The first-order valence-electron chi connectivity index (χ1n) is 6.12. The van der Waals surface area contributed by atoms with E-state index < -0.39 is 4.92 Å². The number of hydrogen-bond donors (Lipinski definition) is 1. The van der Waals surface area contributed by atoms with E-state index in [0.717, 1.165) is 0 Å². The third-order valence-corrected chi connectivity index (χ3v) is 2.99. The number of rotatable bonds is 4. The molecular formula is C14H14FN3O2. The molecule has 5 nitrogen and oxygen atoms in total. The Bertz CT molecular complexity index is 646. The molecule has 0 aliphatic heterocycles. The lowest BCUT2D eigenvalue weighted by Gasteiger charge is -2.15. The first-order valence-corrected chi connectivity index (χ1v) is 6.12. The molecule has 1 atom stereocenters. The van der Waals surface area contributed by atoms with Crippen LogP contribution in [0.25, 0.3) is 0 Å². The molecule has 0 aliphatic rings. The van der Waals surface area contributed by atoms with Crippen LogP contribution in [-0.2, 0) is 0 Å². The van der Waals surface area contributed by atoms with Crippen LogP contribution in [0, 0.1) is 22.9 Å². The summed E-state index contributed by atoms with van der Waals surface area (Å²) in [6.45, 7) is 3.37. The van der Waals surface area contributed by atoms with Crippen LogP contribution < -0.4 is 5.32 Å². The minimum atomic E-state index is -0.480. The van der Waals surface area contributed by atoms with Crippen molar-refractivity contribution in [3.8, 4) is 0 Å². The SMILES string of the molecule is Cc1nc(NC(C)c2ccccc2F)ccc1[N+](=O)[O-]. The van der Waals surface area contributed by atoms with E-state index >= 15 is 0 Å². The monoisotopic (exact) mass is 275 g/mol. The second-order valence-electron chi connectivity index (χ2n) is 4.45. The molecule has 104 valence electrons. The summed E-state index contributed by atoms with van der Waals surface area (Å²) in [5, 5.41) is 13.7. The van der Waals surface area contributed by atoms with Gasteiger partial charge in [0.2, 0.25) is 0 Å². The van der Waals surface area contributed by atoms with Gasteiger partial charge in [-0.15, -0.1) is 0 Å². The van der Waals surface area contributed by atoms with Crippen LogP contribution in [0.1, 0.15) is 24.2 Å². The molecule has 2 aromatic rings. The zero-order chi connectivity index (χ0) is 14.7. The molecule has 0 amide bonds. The summed E-state index contributed by atoms with van der Waals surface area (Å²) in [6.07, 6.45) is 0. The molecule has 0 saturated carbocycles. The van der Waals surface area contributed by atoms with Crippen molar-refractivity contribution in [2.75, 3.05) is 5.32 Å². The Morgan fingerprint density at radius 3 is 2.60 bits per heavy atom. The minimum absolute atomic E-state index is 0.0332. The summed E-state index contributed by atoms with van der Waals surface area (Å²) in [6, 6.07) is 9.07. The number of nitrogens with one attached hydrogen (secondary N) is 1. The highest BCUT2D eigenvalue weighted by Crippen LogP contribution is 2.23. The van der Waals surface area contributed by atoms with E-state index in [2.05, 4.69) is 10.3 Å². The number of anilines is 1. The van der Waals surface area contributed by atoms with Crippen LogP contribution >= 0.6 is 0 Å². The smallest absolute Gasteiger partial charge is 0.290 e. The predicted octanol–water partition coefficient (Wildman–Crippen LogP) is 3.61. The van der Waals surface area contributed by atoms with Crippen molar-refractivity contribution in [1.29, 1.82) is 0 Å². The Balaban J connectivity index is 2.20. The van der Waals surface area contributed by atoms with Gasteiger partial charge >= 0.3 is 0 Å². The molecule has 1 unspecified atom stereocenters. The molecule has 0 spiro atoms. The summed E-state index contributed by atoms with van der Waals surface area (Å²) in [7, 11) is 0. The number of hydrogen-bond acceptors (Lipinski definition) is 4. The molecule has 0 fully saturated rings. The van der Waals surface area contributed by atoms with Gasteiger partial charge in [-0.25, -0.2) is 9.37 Å². The van der Waals surface area contributed by atoms with Gasteiger partial charge in [0.15, 0.2) is 0 Å². The van der Waals surface area contributed by atoms with E-state index in [-0.39, 0.29) is 17.5 Å². The number of halogens is 1. The number of pyridine rings is 1. The van der Waals surface area contributed by atoms with Gasteiger partial charge in [0.1, 0.15) is 17.3 Å².